The lowest BCUT2D eigenvalue weighted by Crippen LogP contribution is -2.50. The first-order valence-corrected chi connectivity index (χ1v) is 5.36. The van der Waals surface area contributed by atoms with Crippen LogP contribution in [0, 0.1) is 5.41 Å². The van der Waals surface area contributed by atoms with E-state index in [-0.39, 0.29) is 13.0 Å². The molecule has 1 saturated carbocycles. The predicted molar refractivity (Wildman–Crippen MR) is 52.5 cm³/mol. The third kappa shape index (κ3) is 3.11. The molecule has 0 radical (unpaired) electrons. The zero-order chi connectivity index (χ0) is 14.0. The highest BCUT2D eigenvalue weighted by molar-refractivity contribution is 5.84. The number of amides is 1. The zero-order valence-electron chi connectivity index (χ0n) is 9.39. The van der Waals surface area contributed by atoms with Gasteiger partial charge in [0, 0.05) is 6.54 Å². The van der Waals surface area contributed by atoms with Crippen molar-refractivity contribution < 1.29 is 32.3 Å². The number of nitrogens with one attached hydrogen (secondary N) is 1. The quantitative estimate of drug-likeness (QED) is 0.722. The van der Waals surface area contributed by atoms with Crippen LogP contribution in [0.5, 0.6) is 0 Å². The first-order chi connectivity index (χ1) is 8.19. The van der Waals surface area contributed by atoms with Gasteiger partial charge in [-0.1, -0.05) is 6.42 Å². The number of rotatable bonds is 6. The Labute approximate surface area is 100 Å². The van der Waals surface area contributed by atoms with Crippen molar-refractivity contribution in [3.8, 4) is 0 Å². The van der Waals surface area contributed by atoms with Crippen molar-refractivity contribution in [1.82, 2.24) is 5.32 Å². The molecule has 0 heterocycles. The molecule has 18 heavy (non-hydrogen) atoms. The third-order valence-corrected chi connectivity index (χ3v) is 3.14. The van der Waals surface area contributed by atoms with E-state index in [9.17, 15) is 27.2 Å². The van der Waals surface area contributed by atoms with Crippen molar-refractivity contribution >= 4 is 11.9 Å². The van der Waals surface area contributed by atoms with E-state index in [1.54, 1.807) is 5.32 Å². The molecule has 0 saturated heterocycles. The Hall–Kier alpha value is -1.34. The van der Waals surface area contributed by atoms with Crippen LogP contribution in [0.15, 0.2) is 0 Å². The van der Waals surface area contributed by atoms with Gasteiger partial charge in [0.25, 0.3) is 5.91 Å². The van der Waals surface area contributed by atoms with Gasteiger partial charge in [-0.2, -0.15) is 8.78 Å². The minimum absolute atomic E-state index is 0.270. The molecule has 8 heteroatoms. The molecule has 1 aliphatic rings. The van der Waals surface area contributed by atoms with Gasteiger partial charge < -0.3 is 10.4 Å². The fourth-order valence-corrected chi connectivity index (χ4v) is 1.90. The van der Waals surface area contributed by atoms with E-state index in [0.717, 1.165) is 6.42 Å². The van der Waals surface area contributed by atoms with Crippen LogP contribution in [-0.4, -0.2) is 35.9 Å². The molecule has 0 unspecified atom stereocenters. The van der Waals surface area contributed by atoms with Crippen LogP contribution >= 0.6 is 0 Å². The first-order valence-electron chi connectivity index (χ1n) is 5.36. The van der Waals surface area contributed by atoms with Crippen molar-refractivity contribution in [2.24, 2.45) is 5.41 Å². The summed E-state index contributed by atoms with van der Waals surface area (Å²) in [6.07, 6.45) is -2.67. The summed E-state index contributed by atoms with van der Waals surface area (Å²) < 4.78 is 49.0. The second-order valence-corrected chi connectivity index (χ2v) is 4.53. The van der Waals surface area contributed by atoms with E-state index in [4.69, 9.17) is 5.11 Å². The number of carboxylic acids is 1. The lowest BCUT2D eigenvalue weighted by atomic mass is 9.66. The predicted octanol–water partition coefficient (Wildman–Crippen LogP) is 1.65. The number of carbonyl (C=O) groups is 2. The van der Waals surface area contributed by atoms with Gasteiger partial charge in [0.15, 0.2) is 0 Å². The number of carboxylic acid groups (broad SMARTS) is 1. The summed E-state index contributed by atoms with van der Waals surface area (Å²) in [5, 5.41) is 10.4. The average molecular weight is 271 g/mol. The Balaban J connectivity index is 2.54. The Kier molecular flexibility index (Phi) is 4.18. The lowest BCUT2D eigenvalue weighted by Gasteiger charge is -2.41. The van der Waals surface area contributed by atoms with E-state index in [2.05, 4.69) is 0 Å². The average Bonchev–Trinajstić information content (AvgIpc) is 2.20. The maximum atomic E-state index is 12.6. The zero-order valence-corrected chi connectivity index (χ0v) is 9.39. The van der Waals surface area contributed by atoms with Gasteiger partial charge in [-0.25, -0.2) is 8.78 Å². The lowest BCUT2D eigenvalue weighted by molar-refractivity contribution is -0.170. The number of hydrogen-bond acceptors (Lipinski definition) is 2. The maximum absolute atomic E-state index is 12.6. The summed E-state index contributed by atoms with van der Waals surface area (Å²) in [5.74, 6) is -7.91. The van der Waals surface area contributed by atoms with Crippen LogP contribution in [-0.2, 0) is 9.59 Å². The van der Waals surface area contributed by atoms with Crippen LogP contribution in [0.2, 0.25) is 0 Å². The van der Waals surface area contributed by atoms with Gasteiger partial charge in [0.1, 0.15) is 0 Å². The molecule has 1 amide bonds. The summed E-state index contributed by atoms with van der Waals surface area (Å²) in [6, 6.07) is 0. The van der Waals surface area contributed by atoms with E-state index < -0.39 is 29.6 Å². The molecule has 0 aromatic rings. The van der Waals surface area contributed by atoms with Crippen molar-refractivity contribution in [2.75, 3.05) is 6.54 Å². The Morgan fingerprint density at radius 1 is 1.33 bits per heavy atom. The van der Waals surface area contributed by atoms with Crippen molar-refractivity contribution in [3.63, 3.8) is 0 Å². The van der Waals surface area contributed by atoms with Crippen LogP contribution in [0.25, 0.3) is 0 Å². The highest BCUT2D eigenvalue weighted by atomic mass is 19.3. The minimum Gasteiger partial charge on any atom is -0.481 e. The summed E-state index contributed by atoms with van der Waals surface area (Å²) in [4.78, 5) is 21.5. The molecule has 0 bridgehead atoms. The van der Waals surface area contributed by atoms with Gasteiger partial charge in [-0.15, -0.1) is 0 Å². The number of halogens is 4. The Morgan fingerprint density at radius 2 is 1.89 bits per heavy atom. The molecule has 104 valence electrons. The third-order valence-electron chi connectivity index (χ3n) is 3.14. The Bertz CT molecular complexity index is 342. The minimum atomic E-state index is -4.74. The summed E-state index contributed by atoms with van der Waals surface area (Å²) >= 11 is 0. The smallest absolute Gasteiger partial charge is 0.383 e. The fraction of sp³-hybridized carbons (Fsp3) is 0.800. The fourth-order valence-electron chi connectivity index (χ4n) is 1.90. The van der Waals surface area contributed by atoms with Gasteiger partial charge >= 0.3 is 18.3 Å². The van der Waals surface area contributed by atoms with Crippen molar-refractivity contribution in [3.05, 3.63) is 0 Å². The monoisotopic (exact) mass is 271 g/mol. The molecule has 0 spiro atoms. The SMILES string of the molecule is O=C(O)CC1(CNC(=O)C(F)(F)C(F)F)CCC1. The van der Waals surface area contributed by atoms with Crippen molar-refractivity contribution in [2.45, 2.75) is 38.0 Å². The molecular formula is C10H13F4NO3. The number of aliphatic carboxylic acids is 1. The van der Waals surface area contributed by atoms with Gasteiger partial charge in [0.05, 0.1) is 6.42 Å². The standard InChI is InChI=1S/C10H13F4NO3/c11-7(12)10(13,14)8(18)15-5-9(2-1-3-9)4-6(16)17/h7H,1-5H2,(H,15,18)(H,16,17). The van der Waals surface area contributed by atoms with Gasteiger partial charge in [-0.05, 0) is 18.3 Å². The summed E-state index contributed by atoms with van der Waals surface area (Å²) in [6.45, 7) is -0.319. The maximum Gasteiger partial charge on any atom is 0.383 e. The number of hydrogen-bond donors (Lipinski definition) is 2. The van der Waals surface area contributed by atoms with Gasteiger partial charge in [0.2, 0.25) is 0 Å². The van der Waals surface area contributed by atoms with Crippen LogP contribution in [0.3, 0.4) is 0 Å². The highest BCUT2D eigenvalue weighted by Crippen LogP contribution is 2.43. The van der Waals surface area contributed by atoms with E-state index in [1.165, 1.54) is 0 Å². The Morgan fingerprint density at radius 3 is 2.22 bits per heavy atom. The molecule has 0 atom stereocenters. The summed E-state index contributed by atoms with van der Waals surface area (Å²) in [5.41, 5.74) is -0.778. The summed E-state index contributed by atoms with van der Waals surface area (Å²) in [7, 11) is 0. The molecule has 1 rings (SSSR count). The van der Waals surface area contributed by atoms with Gasteiger partial charge in [-0.3, -0.25) is 9.59 Å². The molecule has 0 aromatic carbocycles. The molecule has 1 aliphatic carbocycles. The highest BCUT2D eigenvalue weighted by Gasteiger charge is 2.50. The van der Waals surface area contributed by atoms with Crippen LogP contribution in [0.4, 0.5) is 17.6 Å². The number of alkyl halides is 4. The normalized spacial score (nSPS) is 18.3. The van der Waals surface area contributed by atoms with Crippen molar-refractivity contribution in [1.29, 1.82) is 0 Å². The second-order valence-electron chi connectivity index (χ2n) is 4.53. The van der Waals surface area contributed by atoms with E-state index >= 15 is 0 Å². The molecule has 0 aliphatic heterocycles. The van der Waals surface area contributed by atoms with Crippen LogP contribution in [0.1, 0.15) is 25.7 Å². The first kappa shape index (κ1) is 14.7. The molecule has 0 aromatic heterocycles. The second kappa shape index (κ2) is 5.11. The molecule has 4 nitrogen and oxygen atoms in total. The molecular weight excluding hydrogens is 258 g/mol. The van der Waals surface area contributed by atoms with E-state index in [1.807, 2.05) is 0 Å². The largest absolute Gasteiger partial charge is 0.481 e. The topological polar surface area (TPSA) is 66.4 Å². The van der Waals surface area contributed by atoms with Crippen LogP contribution < -0.4 is 5.32 Å². The number of carbonyl (C=O) groups excluding carboxylic acids is 1. The van der Waals surface area contributed by atoms with E-state index in [0.29, 0.717) is 12.8 Å². The molecule has 2 N–H and O–H groups in total. The molecule has 1 fully saturated rings.